The molecule has 2 rings (SSSR count). The molecule has 0 aromatic heterocycles. The largest absolute Gasteiger partial charge is 0.342 e. The van der Waals surface area contributed by atoms with Crippen LogP contribution >= 0.6 is 0 Å². The van der Waals surface area contributed by atoms with Crippen LogP contribution in [0.2, 0.25) is 0 Å². The average Bonchev–Trinajstić information content (AvgIpc) is 2.56. The average molecular weight is 389 g/mol. The van der Waals surface area contributed by atoms with E-state index in [0.717, 1.165) is 6.42 Å². The molecule has 4 heteroatoms. The summed E-state index contributed by atoms with van der Waals surface area (Å²) in [6.07, 6.45) is 9.23. The van der Waals surface area contributed by atoms with Gasteiger partial charge in [-0.05, 0) is 24.5 Å². The normalized spacial score (nSPS) is 16.2. The zero-order chi connectivity index (χ0) is 15.8. The van der Waals surface area contributed by atoms with E-state index in [1.807, 2.05) is 31.5 Å². The Hall–Kier alpha value is -0.536. The van der Waals surface area contributed by atoms with Gasteiger partial charge in [-0.1, -0.05) is 50.3 Å². The summed E-state index contributed by atoms with van der Waals surface area (Å²) < 4.78 is 0. The van der Waals surface area contributed by atoms with Gasteiger partial charge in [0.2, 0.25) is 0 Å². The maximum Gasteiger partial charge on any atom is 0.251 e. The van der Waals surface area contributed by atoms with E-state index in [2.05, 4.69) is 5.32 Å². The third kappa shape index (κ3) is 6.85. The van der Waals surface area contributed by atoms with Gasteiger partial charge in [-0.15, -0.1) is 6.42 Å². The van der Waals surface area contributed by atoms with Crippen LogP contribution < -0.4 is 5.32 Å². The summed E-state index contributed by atoms with van der Waals surface area (Å²) in [7, 11) is 0. The SMILES string of the molecule is C[CH-]CC(=O)[C@H](CC1CCCCC1)NC(=O)c1ccccc1.[Y]. The van der Waals surface area contributed by atoms with E-state index in [0.29, 0.717) is 17.9 Å². The second kappa shape index (κ2) is 11.1. The van der Waals surface area contributed by atoms with Gasteiger partial charge in [0, 0.05) is 38.3 Å². The van der Waals surface area contributed by atoms with Crippen LogP contribution in [0.15, 0.2) is 30.3 Å². The minimum Gasteiger partial charge on any atom is -0.342 e. The Morgan fingerprint density at radius 3 is 2.43 bits per heavy atom. The smallest absolute Gasteiger partial charge is 0.251 e. The molecule has 0 saturated heterocycles. The van der Waals surface area contributed by atoms with Gasteiger partial charge >= 0.3 is 0 Å². The summed E-state index contributed by atoms with van der Waals surface area (Å²) in [6, 6.07) is 8.77. The van der Waals surface area contributed by atoms with Gasteiger partial charge in [0.05, 0.1) is 6.04 Å². The molecule has 1 atom stereocenters. The molecule has 1 amide bonds. The summed E-state index contributed by atoms with van der Waals surface area (Å²) in [5.41, 5.74) is 0.615. The number of rotatable bonds is 7. The fourth-order valence-corrected chi connectivity index (χ4v) is 3.20. The number of hydrogen-bond acceptors (Lipinski definition) is 2. The van der Waals surface area contributed by atoms with Gasteiger partial charge in [-0.25, -0.2) is 0 Å². The zero-order valence-electron chi connectivity index (χ0n) is 14.0. The van der Waals surface area contributed by atoms with E-state index >= 15 is 0 Å². The first kappa shape index (κ1) is 20.5. The molecule has 1 aromatic carbocycles. The zero-order valence-corrected chi connectivity index (χ0v) is 16.8. The molecule has 1 aliphatic rings. The molecule has 1 N–H and O–H groups in total. The van der Waals surface area contributed by atoms with Gasteiger partial charge in [-0.2, -0.15) is 6.92 Å². The van der Waals surface area contributed by atoms with E-state index in [4.69, 9.17) is 0 Å². The molecule has 0 aliphatic heterocycles. The van der Waals surface area contributed by atoms with Crippen molar-refractivity contribution < 1.29 is 42.3 Å². The van der Waals surface area contributed by atoms with Crippen LogP contribution in [0.4, 0.5) is 0 Å². The number of amides is 1. The van der Waals surface area contributed by atoms with Crippen molar-refractivity contribution in [1.29, 1.82) is 0 Å². The van der Waals surface area contributed by atoms with E-state index in [1.165, 1.54) is 32.1 Å². The monoisotopic (exact) mass is 389 g/mol. The van der Waals surface area contributed by atoms with Gasteiger partial charge < -0.3 is 16.5 Å². The van der Waals surface area contributed by atoms with E-state index in [9.17, 15) is 9.59 Å². The maximum absolute atomic E-state index is 12.3. The predicted molar refractivity (Wildman–Crippen MR) is 88.5 cm³/mol. The number of carbonyl (C=O) groups is 2. The number of Topliss-reactive ketones (excluding diaryl/α,β-unsaturated/α-hetero) is 1. The van der Waals surface area contributed by atoms with E-state index in [-0.39, 0.29) is 50.4 Å². The number of carbonyl (C=O) groups excluding carboxylic acids is 2. The summed E-state index contributed by atoms with van der Waals surface area (Å²) >= 11 is 0. The Balaban J connectivity index is 0.00000264. The van der Waals surface area contributed by atoms with E-state index in [1.54, 1.807) is 12.1 Å². The summed E-state index contributed by atoms with van der Waals surface area (Å²) in [5, 5.41) is 2.96. The fourth-order valence-electron chi connectivity index (χ4n) is 3.20. The Kier molecular flexibility index (Phi) is 9.89. The van der Waals surface area contributed by atoms with Gasteiger partial charge in [0.1, 0.15) is 5.78 Å². The van der Waals surface area contributed by atoms with Gasteiger partial charge in [0.15, 0.2) is 0 Å². The number of nitrogens with one attached hydrogen (secondary N) is 1. The molecule has 3 nitrogen and oxygen atoms in total. The van der Waals surface area contributed by atoms with Crippen molar-refractivity contribution in [3.8, 4) is 0 Å². The van der Waals surface area contributed by atoms with Crippen LogP contribution in [-0.4, -0.2) is 17.7 Å². The molecule has 0 bridgehead atoms. The molecule has 0 spiro atoms. The minimum atomic E-state index is -0.355. The number of benzene rings is 1. The molecule has 23 heavy (non-hydrogen) atoms. The van der Waals surface area contributed by atoms with Gasteiger partial charge in [-0.3, -0.25) is 4.79 Å². The van der Waals surface area contributed by atoms with Crippen LogP contribution in [0, 0.1) is 12.3 Å². The summed E-state index contributed by atoms with van der Waals surface area (Å²) in [6.45, 7) is 1.88. The molecule has 1 aliphatic carbocycles. The van der Waals surface area contributed by atoms with Crippen molar-refractivity contribution >= 4 is 11.7 Å². The van der Waals surface area contributed by atoms with Crippen LogP contribution in [0.3, 0.4) is 0 Å². The fraction of sp³-hybridized carbons (Fsp3) is 0.526. The first-order valence-corrected chi connectivity index (χ1v) is 8.37. The Morgan fingerprint density at radius 2 is 1.83 bits per heavy atom. The molecule has 123 valence electrons. The van der Waals surface area contributed by atoms with Crippen molar-refractivity contribution in [1.82, 2.24) is 5.32 Å². The van der Waals surface area contributed by atoms with Gasteiger partial charge in [0.25, 0.3) is 5.91 Å². The van der Waals surface area contributed by atoms with Crippen molar-refractivity contribution in [2.75, 3.05) is 0 Å². The maximum atomic E-state index is 12.3. The van der Waals surface area contributed by atoms with Crippen molar-refractivity contribution in [3.63, 3.8) is 0 Å². The van der Waals surface area contributed by atoms with Crippen LogP contribution in [0.1, 0.15) is 62.2 Å². The van der Waals surface area contributed by atoms with Crippen LogP contribution in [-0.2, 0) is 37.5 Å². The van der Waals surface area contributed by atoms with Crippen molar-refractivity contribution in [2.24, 2.45) is 5.92 Å². The molecule has 1 aromatic rings. The Morgan fingerprint density at radius 1 is 1.17 bits per heavy atom. The molecular formula is C19H26NO2Y-. The second-order valence-corrected chi connectivity index (χ2v) is 6.21. The molecule has 1 fully saturated rings. The molecule has 1 radical (unpaired) electrons. The molecule has 1 saturated carbocycles. The van der Waals surface area contributed by atoms with E-state index < -0.39 is 0 Å². The van der Waals surface area contributed by atoms with Crippen molar-refractivity contribution in [2.45, 2.75) is 57.9 Å². The van der Waals surface area contributed by atoms with Crippen LogP contribution in [0.25, 0.3) is 0 Å². The summed E-state index contributed by atoms with van der Waals surface area (Å²) in [4.78, 5) is 24.7. The predicted octanol–water partition coefficient (Wildman–Crippen LogP) is 3.94. The first-order chi connectivity index (χ1) is 10.7. The topological polar surface area (TPSA) is 46.2 Å². The number of ketones is 1. The molecule has 0 unspecified atom stereocenters. The number of hydrogen-bond donors (Lipinski definition) is 1. The quantitative estimate of drug-likeness (QED) is 0.719. The Labute approximate surface area is 164 Å². The third-order valence-corrected chi connectivity index (χ3v) is 4.43. The standard InChI is InChI=1S/C19H26NO2.Y/c1-2-9-18(21)17(14-15-10-5-3-6-11-15)20-19(22)16-12-7-4-8-13-16;/h2,4,7-8,12-13,15,17H,3,5-6,9-11,14H2,1H3,(H,20,22);/q-1;/t17-;/m0./s1. The summed E-state index contributed by atoms with van der Waals surface area (Å²) in [5.74, 6) is 0.541. The van der Waals surface area contributed by atoms with Crippen molar-refractivity contribution in [3.05, 3.63) is 42.3 Å². The first-order valence-electron chi connectivity index (χ1n) is 8.37. The molecule has 0 heterocycles. The second-order valence-electron chi connectivity index (χ2n) is 6.21. The van der Waals surface area contributed by atoms with Crippen LogP contribution in [0.5, 0.6) is 0 Å². The molecular weight excluding hydrogens is 363 g/mol. The Bertz CT molecular complexity index is 483. The third-order valence-electron chi connectivity index (χ3n) is 4.43. The minimum absolute atomic E-state index is 0.